The number of carbonyl (C=O) groups is 2. The number of carbonyl (C=O) groups excluding carboxylic acids is 1. The van der Waals surface area contributed by atoms with Gasteiger partial charge in [0.1, 0.15) is 5.92 Å². The summed E-state index contributed by atoms with van der Waals surface area (Å²) in [6, 6.07) is 3.38. The van der Waals surface area contributed by atoms with Gasteiger partial charge in [0.2, 0.25) is 11.8 Å². The SMILES string of the molecule is COc1ccc(C2CNC(=O)C2C(=O)O)cn1. The molecule has 0 bridgehead atoms. The molecule has 2 unspecified atom stereocenters. The molecule has 2 N–H and O–H groups in total. The third-order valence-electron chi connectivity index (χ3n) is 2.84. The van der Waals surface area contributed by atoms with E-state index in [4.69, 9.17) is 9.84 Å². The molecular weight excluding hydrogens is 224 g/mol. The van der Waals surface area contributed by atoms with Crippen molar-refractivity contribution in [2.45, 2.75) is 5.92 Å². The Kier molecular flexibility index (Phi) is 2.95. The average Bonchev–Trinajstić information content (AvgIpc) is 2.71. The fourth-order valence-electron chi connectivity index (χ4n) is 1.95. The Hall–Kier alpha value is -2.11. The molecule has 1 aliphatic rings. The number of nitrogens with zero attached hydrogens (tertiary/aromatic N) is 1. The minimum absolute atomic E-state index is 0.323. The van der Waals surface area contributed by atoms with Crippen LogP contribution in [0.5, 0.6) is 5.88 Å². The summed E-state index contributed by atoms with van der Waals surface area (Å²) in [7, 11) is 1.50. The van der Waals surface area contributed by atoms with Crippen molar-refractivity contribution in [3.63, 3.8) is 0 Å². The number of aromatic nitrogens is 1. The van der Waals surface area contributed by atoms with Crippen molar-refractivity contribution in [1.29, 1.82) is 0 Å². The molecule has 0 radical (unpaired) electrons. The summed E-state index contributed by atoms with van der Waals surface area (Å²) in [5.41, 5.74) is 0.719. The molecule has 0 aromatic carbocycles. The van der Waals surface area contributed by atoms with E-state index in [1.54, 1.807) is 18.3 Å². The van der Waals surface area contributed by atoms with Crippen LogP contribution in [0.15, 0.2) is 18.3 Å². The normalized spacial score (nSPS) is 23.2. The van der Waals surface area contributed by atoms with Gasteiger partial charge in [-0.25, -0.2) is 4.98 Å². The van der Waals surface area contributed by atoms with Crippen molar-refractivity contribution >= 4 is 11.9 Å². The lowest BCUT2D eigenvalue weighted by molar-refractivity contribution is -0.145. The van der Waals surface area contributed by atoms with E-state index in [1.807, 2.05) is 0 Å². The Morgan fingerprint density at radius 1 is 1.59 bits per heavy atom. The zero-order chi connectivity index (χ0) is 12.4. The number of aliphatic carboxylic acids is 1. The summed E-state index contributed by atoms with van der Waals surface area (Å²) < 4.78 is 4.92. The number of nitrogens with one attached hydrogen (secondary N) is 1. The van der Waals surface area contributed by atoms with Crippen molar-refractivity contribution in [2.75, 3.05) is 13.7 Å². The van der Waals surface area contributed by atoms with Gasteiger partial charge in [-0.05, 0) is 5.56 Å². The van der Waals surface area contributed by atoms with Crippen LogP contribution in [0.1, 0.15) is 11.5 Å². The summed E-state index contributed by atoms with van der Waals surface area (Å²) in [5.74, 6) is -2.51. The molecule has 2 rings (SSSR count). The van der Waals surface area contributed by atoms with E-state index in [1.165, 1.54) is 7.11 Å². The predicted octanol–water partition coefficient (Wildman–Crippen LogP) is 0.00440. The van der Waals surface area contributed by atoms with Gasteiger partial charge in [0.05, 0.1) is 7.11 Å². The number of carboxylic acid groups (broad SMARTS) is 1. The molecule has 17 heavy (non-hydrogen) atoms. The molecule has 1 aromatic rings. The Balaban J connectivity index is 2.26. The highest BCUT2D eigenvalue weighted by molar-refractivity contribution is 5.99. The van der Waals surface area contributed by atoms with Crippen molar-refractivity contribution in [2.24, 2.45) is 5.92 Å². The quantitative estimate of drug-likeness (QED) is 0.721. The van der Waals surface area contributed by atoms with Crippen molar-refractivity contribution in [3.05, 3.63) is 23.9 Å². The smallest absolute Gasteiger partial charge is 0.316 e. The number of hydrogen-bond acceptors (Lipinski definition) is 4. The van der Waals surface area contributed by atoms with E-state index in [9.17, 15) is 9.59 Å². The van der Waals surface area contributed by atoms with Crippen LogP contribution >= 0.6 is 0 Å². The third kappa shape index (κ3) is 2.06. The van der Waals surface area contributed by atoms with Gasteiger partial charge in [-0.1, -0.05) is 6.07 Å². The van der Waals surface area contributed by atoms with E-state index in [-0.39, 0.29) is 5.92 Å². The first-order valence-electron chi connectivity index (χ1n) is 5.14. The van der Waals surface area contributed by atoms with Crippen LogP contribution in [0.25, 0.3) is 0 Å². The minimum Gasteiger partial charge on any atom is -0.481 e. The Bertz CT molecular complexity index is 443. The van der Waals surface area contributed by atoms with Crippen molar-refractivity contribution < 1.29 is 19.4 Å². The summed E-state index contributed by atoms with van der Waals surface area (Å²) in [4.78, 5) is 26.4. The van der Waals surface area contributed by atoms with Crippen LogP contribution in [0, 0.1) is 5.92 Å². The predicted molar refractivity (Wildman–Crippen MR) is 57.7 cm³/mol. The highest BCUT2D eigenvalue weighted by Crippen LogP contribution is 2.29. The van der Waals surface area contributed by atoms with Crippen molar-refractivity contribution in [3.8, 4) is 5.88 Å². The maximum absolute atomic E-state index is 11.4. The van der Waals surface area contributed by atoms with Gasteiger partial charge in [-0.3, -0.25) is 9.59 Å². The zero-order valence-corrected chi connectivity index (χ0v) is 9.21. The summed E-state index contributed by atoms with van der Waals surface area (Å²) >= 11 is 0. The third-order valence-corrected chi connectivity index (χ3v) is 2.84. The Morgan fingerprint density at radius 2 is 2.35 bits per heavy atom. The topological polar surface area (TPSA) is 88.5 Å². The number of methoxy groups -OCH3 is 1. The van der Waals surface area contributed by atoms with Gasteiger partial charge in [0.15, 0.2) is 0 Å². The van der Waals surface area contributed by atoms with Gasteiger partial charge < -0.3 is 15.2 Å². The van der Waals surface area contributed by atoms with Crippen molar-refractivity contribution in [1.82, 2.24) is 10.3 Å². The molecule has 6 heteroatoms. The molecule has 1 saturated heterocycles. The van der Waals surface area contributed by atoms with Crippen LogP contribution in [0.3, 0.4) is 0 Å². The van der Waals surface area contributed by atoms with Gasteiger partial charge >= 0.3 is 5.97 Å². The van der Waals surface area contributed by atoms with Gasteiger partial charge in [-0.15, -0.1) is 0 Å². The average molecular weight is 236 g/mol. The Labute approximate surface area is 97.6 Å². The monoisotopic (exact) mass is 236 g/mol. The molecule has 0 saturated carbocycles. The second-order valence-corrected chi connectivity index (χ2v) is 3.80. The van der Waals surface area contributed by atoms with E-state index >= 15 is 0 Å². The summed E-state index contributed by atoms with van der Waals surface area (Å²) in [5, 5.41) is 11.6. The maximum atomic E-state index is 11.4. The molecule has 1 aromatic heterocycles. The molecule has 1 fully saturated rings. The molecule has 0 aliphatic carbocycles. The highest BCUT2D eigenvalue weighted by atomic mass is 16.5. The maximum Gasteiger partial charge on any atom is 0.316 e. The number of hydrogen-bond donors (Lipinski definition) is 2. The first kappa shape index (κ1) is 11.4. The van der Waals surface area contributed by atoms with Gasteiger partial charge in [0, 0.05) is 24.7 Å². The second-order valence-electron chi connectivity index (χ2n) is 3.80. The van der Waals surface area contributed by atoms with Crippen LogP contribution in [0.4, 0.5) is 0 Å². The van der Waals surface area contributed by atoms with E-state index in [0.29, 0.717) is 12.4 Å². The van der Waals surface area contributed by atoms with Crippen LogP contribution in [0.2, 0.25) is 0 Å². The number of amides is 1. The standard InChI is InChI=1S/C11H12N2O4/c1-17-8-3-2-6(4-12-8)7-5-13-10(14)9(7)11(15)16/h2-4,7,9H,5H2,1H3,(H,13,14)(H,15,16). The number of rotatable bonds is 3. The van der Waals surface area contributed by atoms with E-state index in [0.717, 1.165) is 5.56 Å². The first-order valence-corrected chi connectivity index (χ1v) is 5.14. The molecule has 1 amide bonds. The first-order chi connectivity index (χ1) is 8.13. The zero-order valence-electron chi connectivity index (χ0n) is 9.21. The van der Waals surface area contributed by atoms with Crippen LogP contribution < -0.4 is 10.1 Å². The Morgan fingerprint density at radius 3 is 2.88 bits per heavy atom. The molecule has 2 heterocycles. The van der Waals surface area contributed by atoms with Crippen LogP contribution in [-0.2, 0) is 9.59 Å². The molecule has 1 aliphatic heterocycles. The van der Waals surface area contributed by atoms with Gasteiger partial charge in [0.25, 0.3) is 0 Å². The van der Waals surface area contributed by atoms with E-state index < -0.39 is 17.8 Å². The number of carboxylic acids is 1. The summed E-state index contributed by atoms with van der Waals surface area (Å²) in [6.07, 6.45) is 1.54. The van der Waals surface area contributed by atoms with E-state index in [2.05, 4.69) is 10.3 Å². The lowest BCUT2D eigenvalue weighted by Crippen LogP contribution is -2.26. The van der Waals surface area contributed by atoms with Gasteiger partial charge in [-0.2, -0.15) is 0 Å². The van der Waals surface area contributed by atoms with Crippen LogP contribution in [-0.4, -0.2) is 35.6 Å². The largest absolute Gasteiger partial charge is 0.481 e. The minimum atomic E-state index is -1.11. The lowest BCUT2D eigenvalue weighted by atomic mass is 9.90. The fraction of sp³-hybridized carbons (Fsp3) is 0.364. The lowest BCUT2D eigenvalue weighted by Gasteiger charge is -2.12. The number of pyridine rings is 1. The molecule has 90 valence electrons. The summed E-state index contributed by atoms with van der Waals surface area (Å²) in [6.45, 7) is 0.323. The molecular formula is C11H12N2O4. The fourth-order valence-corrected chi connectivity index (χ4v) is 1.95. The second kappa shape index (κ2) is 4.40. The molecule has 2 atom stereocenters. The highest BCUT2D eigenvalue weighted by Gasteiger charge is 2.41. The number of ether oxygens (including phenoxy) is 1. The molecule has 0 spiro atoms. The molecule has 6 nitrogen and oxygen atoms in total.